The fourth-order valence-electron chi connectivity index (χ4n) is 1.93. The SMILES string of the molecule is C[C@@H](NCCCCC(C)(C)C#N)c1ccccc1. The van der Waals surface area contributed by atoms with Gasteiger partial charge in [0.1, 0.15) is 0 Å². The van der Waals surface area contributed by atoms with Crippen LogP contribution in [0.1, 0.15) is 51.6 Å². The van der Waals surface area contributed by atoms with Crippen molar-refractivity contribution in [1.29, 1.82) is 5.26 Å². The Morgan fingerprint density at radius 1 is 1.22 bits per heavy atom. The molecule has 0 bridgehead atoms. The molecule has 0 amide bonds. The highest BCUT2D eigenvalue weighted by Crippen LogP contribution is 2.21. The Bertz CT molecular complexity index is 376. The molecule has 1 rings (SSSR count). The van der Waals surface area contributed by atoms with Crippen LogP contribution in [0.3, 0.4) is 0 Å². The molecule has 0 unspecified atom stereocenters. The molecule has 0 aliphatic carbocycles. The maximum atomic E-state index is 8.92. The highest BCUT2D eigenvalue weighted by molar-refractivity contribution is 5.17. The van der Waals surface area contributed by atoms with Crippen LogP contribution in [-0.4, -0.2) is 6.54 Å². The van der Waals surface area contributed by atoms with Gasteiger partial charge in [0, 0.05) is 6.04 Å². The Balaban J connectivity index is 2.18. The zero-order chi connectivity index (χ0) is 13.4. The maximum absolute atomic E-state index is 8.92. The minimum Gasteiger partial charge on any atom is -0.310 e. The molecule has 98 valence electrons. The molecule has 1 aromatic rings. The molecule has 0 radical (unpaired) electrons. The fraction of sp³-hybridized carbons (Fsp3) is 0.562. The number of nitrogens with one attached hydrogen (secondary N) is 1. The number of benzene rings is 1. The van der Waals surface area contributed by atoms with Crippen molar-refractivity contribution in [3.05, 3.63) is 35.9 Å². The molecule has 0 aromatic heterocycles. The first-order valence-corrected chi connectivity index (χ1v) is 6.75. The van der Waals surface area contributed by atoms with Gasteiger partial charge in [0.05, 0.1) is 11.5 Å². The van der Waals surface area contributed by atoms with Gasteiger partial charge in [-0.2, -0.15) is 5.26 Å². The summed E-state index contributed by atoms with van der Waals surface area (Å²) in [4.78, 5) is 0. The number of hydrogen-bond donors (Lipinski definition) is 1. The van der Waals surface area contributed by atoms with Gasteiger partial charge >= 0.3 is 0 Å². The Kier molecular flexibility index (Phi) is 5.88. The van der Waals surface area contributed by atoms with E-state index in [0.717, 1.165) is 25.8 Å². The highest BCUT2D eigenvalue weighted by Gasteiger charge is 2.15. The molecule has 0 saturated carbocycles. The van der Waals surface area contributed by atoms with Crippen molar-refractivity contribution in [3.8, 4) is 6.07 Å². The van der Waals surface area contributed by atoms with Gasteiger partial charge in [-0.3, -0.25) is 0 Å². The van der Waals surface area contributed by atoms with Gasteiger partial charge in [0.25, 0.3) is 0 Å². The van der Waals surface area contributed by atoms with Crippen LogP contribution in [0.4, 0.5) is 0 Å². The monoisotopic (exact) mass is 244 g/mol. The van der Waals surface area contributed by atoms with Crippen molar-refractivity contribution in [2.45, 2.75) is 46.1 Å². The molecule has 0 spiro atoms. The van der Waals surface area contributed by atoms with Crippen molar-refractivity contribution < 1.29 is 0 Å². The first-order chi connectivity index (χ1) is 8.55. The lowest BCUT2D eigenvalue weighted by Crippen LogP contribution is -2.20. The molecule has 1 N–H and O–H groups in total. The first-order valence-electron chi connectivity index (χ1n) is 6.75. The largest absolute Gasteiger partial charge is 0.310 e. The van der Waals surface area contributed by atoms with Crippen LogP contribution in [0.5, 0.6) is 0 Å². The molecule has 1 aromatic carbocycles. The van der Waals surface area contributed by atoms with E-state index in [0.29, 0.717) is 6.04 Å². The maximum Gasteiger partial charge on any atom is 0.0683 e. The van der Waals surface area contributed by atoms with Crippen molar-refractivity contribution in [1.82, 2.24) is 5.32 Å². The van der Waals surface area contributed by atoms with Crippen LogP contribution in [0.2, 0.25) is 0 Å². The summed E-state index contributed by atoms with van der Waals surface area (Å²) in [5, 5.41) is 12.4. The summed E-state index contributed by atoms with van der Waals surface area (Å²) in [7, 11) is 0. The van der Waals surface area contributed by atoms with E-state index in [4.69, 9.17) is 5.26 Å². The summed E-state index contributed by atoms with van der Waals surface area (Å²) in [5.41, 5.74) is 1.15. The lowest BCUT2D eigenvalue weighted by atomic mass is 9.89. The average molecular weight is 244 g/mol. The third-order valence-corrected chi connectivity index (χ3v) is 3.28. The molecular formula is C16H24N2. The van der Waals surface area contributed by atoms with E-state index in [1.54, 1.807) is 0 Å². The number of nitriles is 1. The van der Waals surface area contributed by atoms with Gasteiger partial charge in [-0.05, 0) is 45.7 Å². The van der Waals surface area contributed by atoms with Crippen LogP contribution < -0.4 is 5.32 Å². The zero-order valence-corrected chi connectivity index (χ0v) is 11.7. The van der Waals surface area contributed by atoms with Crippen LogP contribution in [0.15, 0.2) is 30.3 Å². The highest BCUT2D eigenvalue weighted by atomic mass is 14.9. The lowest BCUT2D eigenvalue weighted by Gasteiger charge is -2.16. The first kappa shape index (κ1) is 14.7. The molecule has 2 heteroatoms. The second-order valence-electron chi connectivity index (χ2n) is 5.54. The standard InChI is InChI=1S/C16H24N2/c1-14(15-9-5-4-6-10-15)18-12-8-7-11-16(2,3)13-17/h4-6,9-10,14,18H,7-8,11-12H2,1-3H3/t14-/m1/s1. The molecular weight excluding hydrogens is 220 g/mol. The quantitative estimate of drug-likeness (QED) is 0.734. The van der Waals surface area contributed by atoms with E-state index in [9.17, 15) is 0 Å². The van der Waals surface area contributed by atoms with Gasteiger partial charge in [-0.15, -0.1) is 0 Å². The zero-order valence-electron chi connectivity index (χ0n) is 11.7. The molecule has 1 atom stereocenters. The predicted molar refractivity (Wildman–Crippen MR) is 76.1 cm³/mol. The average Bonchev–Trinajstić information content (AvgIpc) is 2.39. The summed E-state index contributed by atoms with van der Waals surface area (Å²) in [6.07, 6.45) is 3.21. The summed E-state index contributed by atoms with van der Waals surface area (Å²) >= 11 is 0. The Hall–Kier alpha value is -1.33. The molecule has 0 aliphatic heterocycles. The fourth-order valence-corrected chi connectivity index (χ4v) is 1.93. The van der Waals surface area contributed by atoms with Crippen LogP contribution in [-0.2, 0) is 0 Å². The number of nitrogens with zero attached hydrogens (tertiary/aromatic N) is 1. The Labute approximate surface area is 111 Å². The predicted octanol–water partition coefficient (Wildman–Crippen LogP) is 4.06. The molecule has 0 fully saturated rings. The van der Waals surface area contributed by atoms with E-state index in [2.05, 4.69) is 42.6 Å². The Morgan fingerprint density at radius 3 is 2.50 bits per heavy atom. The minimum atomic E-state index is -0.176. The third kappa shape index (κ3) is 5.33. The molecule has 2 nitrogen and oxygen atoms in total. The van der Waals surface area contributed by atoms with Crippen molar-refractivity contribution >= 4 is 0 Å². The van der Waals surface area contributed by atoms with Gasteiger partial charge < -0.3 is 5.32 Å². The summed E-state index contributed by atoms with van der Waals surface area (Å²) in [5.74, 6) is 0. The second-order valence-corrected chi connectivity index (χ2v) is 5.54. The summed E-state index contributed by atoms with van der Waals surface area (Å²) < 4.78 is 0. The van der Waals surface area contributed by atoms with E-state index >= 15 is 0 Å². The Morgan fingerprint density at radius 2 is 1.89 bits per heavy atom. The summed E-state index contributed by atoms with van der Waals surface area (Å²) in [6.45, 7) is 7.21. The smallest absolute Gasteiger partial charge is 0.0683 e. The van der Waals surface area contributed by atoms with Crippen LogP contribution in [0.25, 0.3) is 0 Å². The number of rotatable bonds is 7. The second kappa shape index (κ2) is 7.18. The van der Waals surface area contributed by atoms with E-state index in [-0.39, 0.29) is 5.41 Å². The van der Waals surface area contributed by atoms with Crippen molar-refractivity contribution in [3.63, 3.8) is 0 Å². The van der Waals surface area contributed by atoms with E-state index in [1.165, 1.54) is 5.56 Å². The molecule has 0 aliphatic rings. The van der Waals surface area contributed by atoms with Gasteiger partial charge in [-0.25, -0.2) is 0 Å². The number of unbranched alkanes of at least 4 members (excludes halogenated alkanes) is 1. The lowest BCUT2D eigenvalue weighted by molar-refractivity contribution is 0.418. The van der Waals surface area contributed by atoms with Gasteiger partial charge in [0.2, 0.25) is 0 Å². The summed E-state index contributed by atoms with van der Waals surface area (Å²) in [6, 6.07) is 13.2. The van der Waals surface area contributed by atoms with Crippen molar-refractivity contribution in [2.24, 2.45) is 5.41 Å². The van der Waals surface area contributed by atoms with Crippen LogP contribution >= 0.6 is 0 Å². The van der Waals surface area contributed by atoms with Gasteiger partial charge in [-0.1, -0.05) is 36.8 Å². The van der Waals surface area contributed by atoms with E-state index in [1.807, 2.05) is 19.9 Å². The third-order valence-electron chi connectivity index (χ3n) is 3.28. The van der Waals surface area contributed by atoms with Crippen molar-refractivity contribution in [2.75, 3.05) is 6.54 Å². The topological polar surface area (TPSA) is 35.8 Å². The van der Waals surface area contributed by atoms with Crippen LogP contribution in [0, 0.1) is 16.7 Å². The molecule has 0 heterocycles. The normalized spacial score (nSPS) is 13.0. The van der Waals surface area contributed by atoms with Gasteiger partial charge in [0.15, 0.2) is 0 Å². The number of hydrogen-bond acceptors (Lipinski definition) is 2. The minimum absolute atomic E-state index is 0.176. The molecule has 18 heavy (non-hydrogen) atoms. The van der Waals surface area contributed by atoms with E-state index < -0.39 is 0 Å². The molecule has 0 saturated heterocycles.